The lowest BCUT2D eigenvalue weighted by molar-refractivity contribution is -0.146. The van der Waals surface area contributed by atoms with Crippen molar-refractivity contribution in [3.63, 3.8) is 0 Å². The molecular weight excluding hydrogens is 226 g/mol. The quantitative estimate of drug-likeness (QED) is 0.521. The lowest BCUT2D eigenvalue weighted by Gasteiger charge is -2.24. The van der Waals surface area contributed by atoms with Gasteiger partial charge < -0.3 is 15.2 Å². The Hall–Kier alpha value is -0.260. The highest BCUT2D eigenvalue weighted by Crippen LogP contribution is 2.21. The van der Waals surface area contributed by atoms with E-state index >= 15 is 0 Å². The lowest BCUT2D eigenvalue weighted by Crippen LogP contribution is -2.47. The van der Waals surface area contributed by atoms with E-state index in [0.29, 0.717) is 11.7 Å². The van der Waals surface area contributed by atoms with Crippen LogP contribution in [-0.4, -0.2) is 43.3 Å². The van der Waals surface area contributed by atoms with E-state index in [1.165, 1.54) is 7.11 Å². The number of thioether (sulfide) groups is 1. The molecule has 2 atom stereocenters. The van der Waals surface area contributed by atoms with E-state index in [0.717, 1.165) is 18.8 Å². The average Bonchev–Trinajstić information content (AvgIpc) is 2.22. The number of nitrogens with two attached hydrogens (primary N) is 1. The highest BCUT2D eigenvalue weighted by molar-refractivity contribution is 7.99. The zero-order valence-electron chi connectivity index (χ0n) is 10.6. The van der Waals surface area contributed by atoms with E-state index in [1.54, 1.807) is 25.8 Å². The van der Waals surface area contributed by atoms with E-state index < -0.39 is 5.54 Å². The van der Waals surface area contributed by atoms with Gasteiger partial charge in [0, 0.05) is 19.0 Å². The Balaban J connectivity index is 3.85. The second kappa shape index (κ2) is 7.92. The maximum Gasteiger partial charge on any atom is 0.325 e. The molecule has 0 bridgehead atoms. The van der Waals surface area contributed by atoms with Gasteiger partial charge in [0.25, 0.3) is 0 Å². The Morgan fingerprint density at radius 3 is 2.62 bits per heavy atom. The van der Waals surface area contributed by atoms with Crippen molar-refractivity contribution in [3.8, 4) is 0 Å². The first-order valence-corrected chi connectivity index (χ1v) is 6.46. The van der Waals surface area contributed by atoms with Gasteiger partial charge >= 0.3 is 5.97 Å². The molecule has 16 heavy (non-hydrogen) atoms. The summed E-state index contributed by atoms with van der Waals surface area (Å²) in [5.74, 6) is 0.670. The smallest absolute Gasteiger partial charge is 0.325 e. The highest BCUT2D eigenvalue weighted by atomic mass is 32.2. The Morgan fingerprint density at radius 1 is 1.50 bits per heavy atom. The minimum atomic E-state index is -0.886. The number of rotatable bonds is 8. The van der Waals surface area contributed by atoms with Crippen molar-refractivity contribution < 1.29 is 14.3 Å². The Labute approximate surface area is 102 Å². The van der Waals surface area contributed by atoms with Crippen molar-refractivity contribution in [2.24, 2.45) is 5.73 Å². The third-order valence-electron chi connectivity index (χ3n) is 2.26. The van der Waals surface area contributed by atoms with Crippen molar-refractivity contribution in [3.05, 3.63) is 0 Å². The fraction of sp³-hybridized carbons (Fsp3) is 0.909. The monoisotopic (exact) mass is 249 g/mol. The first-order valence-electron chi connectivity index (χ1n) is 5.42. The summed E-state index contributed by atoms with van der Waals surface area (Å²) in [7, 11) is 3.06. The van der Waals surface area contributed by atoms with Gasteiger partial charge in [0.1, 0.15) is 5.54 Å². The fourth-order valence-corrected chi connectivity index (χ4v) is 2.61. The predicted octanol–water partition coefficient (Wildman–Crippen LogP) is 1.43. The van der Waals surface area contributed by atoms with E-state index in [-0.39, 0.29) is 5.97 Å². The molecule has 0 aliphatic heterocycles. The second-order valence-electron chi connectivity index (χ2n) is 4.14. The second-order valence-corrected chi connectivity index (χ2v) is 5.69. The van der Waals surface area contributed by atoms with Crippen LogP contribution in [0.3, 0.4) is 0 Å². The summed E-state index contributed by atoms with van der Waals surface area (Å²) < 4.78 is 9.63. The molecule has 0 saturated heterocycles. The molecule has 0 rings (SSSR count). The van der Waals surface area contributed by atoms with Gasteiger partial charge in [-0.15, -0.1) is 0 Å². The molecule has 0 amide bonds. The molecule has 0 radical (unpaired) electrons. The van der Waals surface area contributed by atoms with Crippen molar-refractivity contribution in [1.29, 1.82) is 0 Å². The summed E-state index contributed by atoms with van der Waals surface area (Å²) in [4.78, 5) is 11.4. The molecule has 0 aliphatic carbocycles. The average molecular weight is 249 g/mol. The number of hydrogen-bond donors (Lipinski definition) is 1. The largest absolute Gasteiger partial charge is 0.468 e. The highest BCUT2D eigenvalue weighted by Gasteiger charge is 2.31. The van der Waals surface area contributed by atoms with Gasteiger partial charge in [-0.05, 0) is 25.5 Å². The van der Waals surface area contributed by atoms with Gasteiger partial charge in [0.15, 0.2) is 0 Å². The molecule has 0 saturated carbocycles. The minimum absolute atomic E-state index is 0.339. The molecule has 5 heteroatoms. The molecule has 2 unspecified atom stereocenters. The van der Waals surface area contributed by atoms with Gasteiger partial charge in [-0.1, -0.05) is 6.92 Å². The number of esters is 1. The SMILES string of the molecule is COCCCSC(C)CC(C)(N)C(=O)OC. The van der Waals surface area contributed by atoms with Crippen LogP contribution in [0.25, 0.3) is 0 Å². The first-order chi connectivity index (χ1) is 7.44. The van der Waals surface area contributed by atoms with E-state index in [2.05, 4.69) is 11.7 Å². The molecular formula is C11H23NO3S. The van der Waals surface area contributed by atoms with Gasteiger partial charge in [-0.2, -0.15) is 11.8 Å². The van der Waals surface area contributed by atoms with Crippen LogP contribution >= 0.6 is 11.8 Å². The summed E-state index contributed by atoms with van der Waals surface area (Å²) in [5, 5.41) is 0.339. The summed E-state index contributed by atoms with van der Waals surface area (Å²) >= 11 is 1.80. The summed E-state index contributed by atoms with van der Waals surface area (Å²) in [6, 6.07) is 0. The molecule has 0 aromatic heterocycles. The maximum atomic E-state index is 11.4. The van der Waals surface area contributed by atoms with Crippen LogP contribution in [0.15, 0.2) is 0 Å². The zero-order valence-corrected chi connectivity index (χ0v) is 11.4. The molecule has 0 aliphatic rings. The number of carbonyl (C=O) groups excluding carboxylic acids is 1. The van der Waals surface area contributed by atoms with Crippen LogP contribution in [0.5, 0.6) is 0 Å². The standard InChI is InChI=1S/C11H23NO3S/c1-9(16-7-5-6-14-3)8-11(2,12)10(13)15-4/h9H,5-8,12H2,1-4H3. The molecule has 2 N–H and O–H groups in total. The van der Waals surface area contributed by atoms with Gasteiger partial charge in [0.2, 0.25) is 0 Å². The molecule has 0 aromatic carbocycles. The van der Waals surface area contributed by atoms with Crippen LogP contribution in [-0.2, 0) is 14.3 Å². The van der Waals surface area contributed by atoms with Crippen LogP contribution in [0, 0.1) is 0 Å². The fourth-order valence-electron chi connectivity index (χ4n) is 1.46. The van der Waals surface area contributed by atoms with E-state index in [1.807, 2.05) is 0 Å². The Morgan fingerprint density at radius 2 is 2.12 bits per heavy atom. The van der Waals surface area contributed by atoms with Crippen molar-refractivity contribution in [2.75, 3.05) is 26.6 Å². The van der Waals surface area contributed by atoms with Gasteiger partial charge in [-0.3, -0.25) is 4.79 Å². The topological polar surface area (TPSA) is 61.5 Å². The molecule has 4 nitrogen and oxygen atoms in total. The third kappa shape index (κ3) is 6.35. The molecule has 0 aromatic rings. The van der Waals surface area contributed by atoms with Crippen molar-refractivity contribution >= 4 is 17.7 Å². The molecule has 0 spiro atoms. The molecule has 96 valence electrons. The third-order valence-corrected chi connectivity index (χ3v) is 3.52. The van der Waals surface area contributed by atoms with E-state index in [9.17, 15) is 4.79 Å². The van der Waals surface area contributed by atoms with Gasteiger partial charge in [-0.25, -0.2) is 0 Å². The van der Waals surface area contributed by atoms with E-state index in [4.69, 9.17) is 10.5 Å². The minimum Gasteiger partial charge on any atom is -0.468 e. The van der Waals surface area contributed by atoms with Crippen LogP contribution < -0.4 is 5.73 Å². The zero-order chi connectivity index (χ0) is 12.6. The summed E-state index contributed by atoms with van der Waals surface area (Å²) in [6.07, 6.45) is 1.64. The van der Waals surface area contributed by atoms with Gasteiger partial charge in [0.05, 0.1) is 7.11 Å². The van der Waals surface area contributed by atoms with Crippen LogP contribution in [0.4, 0.5) is 0 Å². The predicted molar refractivity (Wildman–Crippen MR) is 67.6 cm³/mol. The number of carbonyl (C=O) groups is 1. The molecule has 0 fully saturated rings. The summed E-state index contributed by atoms with van der Waals surface area (Å²) in [5.41, 5.74) is 5.00. The summed E-state index contributed by atoms with van der Waals surface area (Å²) in [6.45, 7) is 4.56. The number of ether oxygens (including phenoxy) is 2. The van der Waals surface area contributed by atoms with Crippen molar-refractivity contribution in [1.82, 2.24) is 0 Å². The Kier molecular flexibility index (Phi) is 7.80. The lowest BCUT2D eigenvalue weighted by atomic mass is 9.98. The maximum absolute atomic E-state index is 11.4. The van der Waals surface area contributed by atoms with Crippen LogP contribution in [0.1, 0.15) is 26.7 Å². The van der Waals surface area contributed by atoms with Crippen LogP contribution in [0.2, 0.25) is 0 Å². The number of methoxy groups -OCH3 is 2. The first kappa shape index (κ1) is 15.7. The molecule has 0 heterocycles. The van der Waals surface area contributed by atoms with Crippen molar-refractivity contribution in [2.45, 2.75) is 37.5 Å². The Bertz CT molecular complexity index is 209. The normalized spacial score (nSPS) is 16.6. The number of hydrogen-bond acceptors (Lipinski definition) is 5.